The number of hydrogen-bond donors (Lipinski definition) is 2. The Bertz CT molecular complexity index is 923. The molecule has 2 aromatic rings. The molecule has 2 atom stereocenters. The van der Waals surface area contributed by atoms with Crippen molar-refractivity contribution in [1.82, 2.24) is 9.80 Å². The van der Waals surface area contributed by atoms with E-state index in [4.69, 9.17) is 14.6 Å². The number of carboxylic acid groups (broad SMARTS) is 1. The Morgan fingerprint density at radius 3 is 2.52 bits per heavy atom. The summed E-state index contributed by atoms with van der Waals surface area (Å²) in [7, 11) is 3.95. The maximum atomic E-state index is 13.1. The molecule has 0 unspecified atom stereocenters. The van der Waals surface area contributed by atoms with Crippen LogP contribution in [0.4, 0.5) is 5.69 Å². The summed E-state index contributed by atoms with van der Waals surface area (Å²) in [6.45, 7) is 4.30. The first-order chi connectivity index (χ1) is 15.9. The molecule has 0 spiro atoms. The van der Waals surface area contributed by atoms with Gasteiger partial charge in [-0.25, -0.2) is 0 Å². The van der Waals surface area contributed by atoms with Gasteiger partial charge in [0.1, 0.15) is 12.4 Å². The Kier molecular flexibility index (Phi) is 8.30. The zero-order valence-electron chi connectivity index (χ0n) is 19.3. The number of likely N-dealkylation sites (tertiary alicyclic amines) is 2. The van der Waals surface area contributed by atoms with Crippen LogP contribution in [0.2, 0.25) is 0 Å². The molecule has 2 saturated heterocycles. The lowest BCUT2D eigenvalue weighted by atomic mass is 9.82. The van der Waals surface area contributed by atoms with Gasteiger partial charge in [0.15, 0.2) is 0 Å². The molecule has 2 N–H and O–H groups in total. The zero-order valence-corrected chi connectivity index (χ0v) is 19.3. The van der Waals surface area contributed by atoms with E-state index in [1.165, 1.54) is 0 Å². The lowest BCUT2D eigenvalue weighted by molar-refractivity contribution is -0.122. The smallest absolute Gasteiger partial charge is 0.290 e. The van der Waals surface area contributed by atoms with E-state index < -0.39 is 0 Å². The molecule has 0 aromatic heterocycles. The molecule has 2 aliphatic heterocycles. The van der Waals surface area contributed by atoms with Crippen LogP contribution in [-0.2, 0) is 4.79 Å². The first-order valence-electron chi connectivity index (χ1n) is 11.1. The van der Waals surface area contributed by atoms with Crippen molar-refractivity contribution in [3.63, 3.8) is 0 Å². The fourth-order valence-electron chi connectivity index (χ4n) is 4.75. The quantitative estimate of drug-likeness (QED) is 0.616. The summed E-state index contributed by atoms with van der Waals surface area (Å²) in [6, 6.07) is 17.6. The number of rotatable bonds is 7. The van der Waals surface area contributed by atoms with Crippen LogP contribution in [0.3, 0.4) is 0 Å². The number of fused-ring (bicyclic) bond motifs is 1. The summed E-state index contributed by atoms with van der Waals surface area (Å²) >= 11 is 0. The highest BCUT2D eigenvalue weighted by atomic mass is 16.5. The van der Waals surface area contributed by atoms with Crippen molar-refractivity contribution in [1.29, 1.82) is 0 Å². The van der Waals surface area contributed by atoms with Gasteiger partial charge in [-0.05, 0) is 36.2 Å². The number of amides is 1. The van der Waals surface area contributed by atoms with Crippen molar-refractivity contribution >= 4 is 18.1 Å². The van der Waals surface area contributed by atoms with Gasteiger partial charge in [-0.15, -0.1) is 0 Å². The molecule has 0 radical (unpaired) electrons. The van der Waals surface area contributed by atoms with Gasteiger partial charge in [0.25, 0.3) is 12.4 Å². The highest BCUT2D eigenvalue weighted by Gasteiger charge is 2.53. The minimum absolute atomic E-state index is 0.0554. The van der Waals surface area contributed by atoms with Gasteiger partial charge in [-0.2, -0.15) is 0 Å². The third-order valence-corrected chi connectivity index (χ3v) is 6.46. The van der Waals surface area contributed by atoms with Crippen LogP contribution in [0, 0.1) is 11.3 Å². The number of aliphatic hydroxyl groups is 1. The van der Waals surface area contributed by atoms with Gasteiger partial charge in [0, 0.05) is 63.5 Å². The molecule has 0 saturated carbocycles. The minimum atomic E-state index is -0.250. The number of anilines is 1. The summed E-state index contributed by atoms with van der Waals surface area (Å²) in [6.07, 6.45) is 0. The van der Waals surface area contributed by atoms with Gasteiger partial charge < -0.3 is 24.7 Å². The second-order valence-corrected chi connectivity index (χ2v) is 8.85. The van der Waals surface area contributed by atoms with Crippen molar-refractivity contribution in [3.8, 4) is 5.75 Å². The van der Waals surface area contributed by atoms with E-state index in [2.05, 4.69) is 4.90 Å². The lowest BCUT2D eigenvalue weighted by Gasteiger charge is -2.27. The molecule has 2 heterocycles. The molecule has 33 heavy (non-hydrogen) atoms. The van der Waals surface area contributed by atoms with Gasteiger partial charge in [0.05, 0.1) is 6.61 Å². The monoisotopic (exact) mass is 455 g/mol. The summed E-state index contributed by atoms with van der Waals surface area (Å²) in [5.41, 5.74) is 1.49. The second-order valence-electron chi connectivity index (χ2n) is 8.85. The Morgan fingerprint density at radius 1 is 1.15 bits per heavy atom. The molecule has 0 aliphatic carbocycles. The molecule has 8 heteroatoms. The van der Waals surface area contributed by atoms with E-state index >= 15 is 0 Å². The number of aliphatic hydroxyl groups excluding tert-OH is 1. The molecule has 4 rings (SSSR count). The van der Waals surface area contributed by atoms with E-state index in [0.717, 1.165) is 31.1 Å². The molecule has 2 aliphatic rings. The second kappa shape index (κ2) is 11.2. The molecule has 2 aromatic carbocycles. The third-order valence-electron chi connectivity index (χ3n) is 6.46. The summed E-state index contributed by atoms with van der Waals surface area (Å²) in [4.78, 5) is 27.8. The number of benzene rings is 2. The molecule has 178 valence electrons. The predicted molar refractivity (Wildman–Crippen MR) is 127 cm³/mol. The van der Waals surface area contributed by atoms with Crippen molar-refractivity contribution in [2.45, 2.75) is 0 Å². The van der Waals surface area contributed by atoms with Crippen molar-refractivity contribution < 1.29 is 24.5 Å². The Hall–Kier alpha value is -3.10. The molecular weight excluding hydrogens is 422 g/mol. The van der Waals surface area contributed by atoms with E-state index in [9.17, 15) is 9.90 Å². The number of carbonyl (C=O) groups is 2. The maximum Gasteiger partial charge on any atom is 0.290 e. The Labute approximate surface area is 195 Å². The van der Waals surface area contributed by atoms with E-state index in [1.807, 2.05) is 78.5 Å². The minimum Gasteiger partial charge on any atom is -0.492 e. The van der Waals surface area contributed by atoms with Crippen LogP contribution in [-0.4, -0.2) is 92.4 Å². The van der Waals surface area contributed by atoms with Crippen molar-refractivity contribution in [2.75, 3.05) is 64.9 Å². The highest BCUT2D eigenvalue weighted by molar-refractivity contribution is 5.95. The average Bonchev–Trinajstić information content (AvgIpc) is 3.34. The molecule has 2 fully saturated rings. The molecule has 1 amide bonds. The predicted octanol–water partition coefficient (Wildman–Crippen LogP) is 1.90. The number of hydrogen-bond acceptors (Lipinski definition) is 6. The topological polar surface area (TPSA) is 93.6 Å². The summed E-state index contributed by atoms with van der Waals surface area (Å²) in [5.74, 6) is 1.23. The maximum absolute atomic E-state index is 13.1. The van der Waals surface area contributed by atoms with Crippen LogP contribution in [0.5, 0.6) is 5.75 Å². The fourth-order valence-corrected chi connectivity index (χ4v) is 4.75. The number of ether oxygens (including phenoxy) is 1. The fraction of sp³-hybridized carbons (Fsp3) is 0.440. The largest absolute Gasteiger partial charge is 0.492 e. The van der Waals surface area contributed by atoms with E-state index in [0.29, 0.717) is 31.2 Å². The molecular formula is C25H33N3O5. The van der Waals surface area contributed by atoms with Gasteiger partial charge in [0.2, 0.25) is 0 Å². The molecule has 8 nitrogen and oxygen atoms in total. The highest BCUT2D eigenvalue weighted by Crippen LogP contribution is 2.42. The lowest BCUT2D eigenvalue weighted by Crippen LogP contribution is -2.39. The van der Waals surface area contributed by atoms with Crippen LogP contribution in [0.1, 0.15) is 10.4 Å². The standard InChI is InChI=1S/C24H31N3O3.CH2O2/c1-25(2)21-8-6-7-19(13-21)23(29)27-15-20-14-26(16-24(20,17-27)18-28)11-12-30-22-9-4-3-5-10-22;2-1-3/h3-10,13,20,28H,11-12,14-18H2,1-2H3;1H,(H,2,3)/t20-,24+;/m0./s1. The first kappa shape index (κ1) is 24.5. The van der Waals surface area contributed by atoms with E-state index in [-0.39, 0.29) is 24.4 Å². The SMILES string of the molecule is CN(C)c1cccc(C(=O)N2C[C@@H]3CN(CCOc4ccccc4)C[C@]3(CO)C2)c1.O=CO. The Balaban J connectivity index is 0.000000968. The normalized spacial score (nSPS) is 21.7. The first-order valence-corrected chi connectivity index (χ1v) is 11.1. The van der Waals surface area contributed by atoms with Crippen LogP contribution < -0.4 is 9.64 Å². The number of nitrogens with zero attached hydrogens (tertiary/aromatic N) is 3. The third kappa shape index (κ3) is 5.83. The van der Waals surface area contributed by atoms with Gasteiger partial charge >= 0.3 is 0 Å². The zero-order chi connectivity index (χ0) is 23.8. The number of carbonyl (C=O) groups excluding carboxylic acids is 1. The van der Waals surface area contributed by atoms with Crippen LogP contribution in [0.15, 0.2) is 54.6 Å². The van der Waals surface area contributed by atoms with Crippen molar-refractivity contribution in [2.24, 2.45) is 11.3 Å². The van der Waals surface area contributed by atoms with Crippen LogP contribution in [0.25, 0.3) is 0 Å². The number of para-hydroxylation sites is 1. The molecule has 0 bridgehead atoms. The van der Waals surface area contributed by atoms with E-state index in [1.54, 1.807) is 0 Å². The van der Waals surface area contributed by atoms with Crippen LogP contribution >= 0.6 is 0 Å². The summed E-state index contributed by atoms with van der Waals surface area (Å²) < 4.78 is 5.83. The van der Waals surface area contributed by atoms with Gasteiger partial charge in [-0.1, -0.05) is 24.3 Å². The summed E-state index contributed by atoms with van der Waals surface area (Å²) in [5, 5.41) is 17.1. The van der Waals surface area contributed by atoms with Crippen molar-refractivity contribution in [3.05, 3.63) is 60.2 Å². The Morgan fingerprint density at radius 2 is 1.88 bits per heavy atom. The average molecular weight is 456 g/mol. The van der Waals surface area contributed by atoms with Gasteiger partial charge in [-0.3, -0.25) is 14.5 Å².